The summed E-state index contributed by atoms with van der Waals surface area (Å²) < 4.78 is 45.6. The number of para-hydroxylation sites is 1. The predicted octanol–water partition coefficient (Wildman–Crippen LogP) is 6.69. The maximum Gasteiger partial charge on any atom is 0.420 e. The summed E-state index contributed by atoms with van der Waals surface area (Å²) in [6.45, 7) is 0. The van der Waals surface area contributed by atoms with Crippen LogP contribution in [0.4, 0.5) is 13.2 Å². The highest BCUT2D eigenvalue weighted by Gasteiger charge is 2.35. The Kier molecular flexibility index (Phi) is 4.02. The van der Waals surface area contributed by atoms with Gasteiger partial charge in [-0.1, -0.05) is 6.07 Å². The number of benzene rings is 2. The number of halogens is 4. The zero-order chi connectivity index (χ0) is 17.6. The van der Waals surface area contributed by atoms with Gasteiger partial charge >= 0.3 is 6.18 Å². The molecule has 0 unspecified atom stereocenters. The quantitative estimate of drug-likeness (QED) is 0.509. The Morgan fingerprint density at radius 3 is 2.68 bits per heavy atom. The molecule has 1 aromatic heterocycles. The van der Waals surface area contributed by atoms with Crippen molar-refractivity contribution in [3.63, 3.8) is 0 Å². The van der Waals surface area contributed by atoms with Crippen LogP contribution in [0.3, 0.4) is 0 Å². The molecule has 1 aliphatic carbocycles. The minimum absolute atomic E-state index is 0.214. The van der Waals surface area contributed by atoms with E-state index in [-0.39, 0.29) is 10.2 Å². The van der Waals surface area contributed by atoms with Gasteiger partial charge in [0.2, 0.25) is 0 Å². The fourth-order valence-electron chi connectivity index (χ4n) is 2.98. The normalized spacial score (nSPS) is 14.9. The zero-order valence-electron chi connectivity index (χ0n) is 13.2. The Labute approximate surface area is 151 Å². The Bertz CT molecular complexity index is 928. The van der Waals surface area contributed by atoms with E-state index in [9.17, 15) is 13.2 Å². The van der Waals surface area contributed by atoms with Crippen molar-refractivity contribution in [2.45, 2.75) is 25.4 Å². The summed E-state index contributed by atoms with van der Waals surface area (Å²) in [6, 6.07) is 9.24. The number of hydrogen-bond donors (Lipinski definition) is 1. The van der Waals surface area contributed by atoms with E-state index in [4.69, 9.17) is 4.74 Å². The van der Waals surface area contributed by atoms with E-state index in [1.54, 1.807) is 6.07 Å². The molecule has 0 spiro atoms. The molecule has 0 amide bonds. The van der Waals surface area contributed by atoms with Crippen molar-refractivity contribution in [1.29, 1.82) is 0 Å². The first-order chi connectivity index (χ1) is 11.9. The Morgan fingerprint density at radius 2 is 1.96 bits per heavy atom. The minimum Gasteiger partial charge on any atom is -0.456 e. The molecule has 0 radical (unpaired) electrons. The van der Waals surface area contributed by atoms with E-state index in [1.807, 2.05) is 18.3 Å². The molecule has 0 aliphatic heterocycles. The largest absolute Gasteiger partial charge is 0.456 e. The number of hydrogen-bond acceptors (Lipinski definition) is 1. The third-order valence-electron chi connectivity index (χ3n) is 4.44. The molecule has 1 fully saturated rings. The number of H-pyrrole nitrogens is 1. The molecule has 4 rings (SSSR count). The molecular weight excluding hydrogens is 395 g/mol. The van der Waals surface area contributed by atoms with Crippen molar-refractivity contribution in [2.75, 3.05) is 0 Å². The van der Waals surface area contributed by atoms with Crippen molar-refractivity contribution < 1.29 is 17.9 Å². The summed E-state index contributed by atoms with van der Waals surface area (Å²) in [5.74, 6) is 0.902. The van der Waals surface area contributed by atoms with Gasteiger partial charge in [-0.25, -0.2) is 0 Å². The maximum absolute atomic E-state index is 13.2. The number of aromatic amines is 1. The zero-order valence-corrected chi connectivity index (χ0v) is 14.7. The number of fused-ring (bicyclic) bond motifs is 1. The summed E-state index contributed by atoms with van der Waals surface area (Å²) in [4.78, 5) is 3.21. The standard InChI is InChI=1S/C19H15BrF3NO/c20-16-3-1-2-15(19(21,22)23)18(16)25-13-6-7-17-14(9-13)12(10-24-17)8-11-4-5-11/h1-3,6-7,9-11,24H,4-5,8H2. The highest BCUT2D eigenvalue weighted by Crippen LogP contribution is 2.43. The highest BCUT2D eigenvalue weighted by atomic mass is 79.9. The maximum atomic E-state index is 13.2. The Morgan fingerprint density at radius 1 is 1.16 bits per heavy atom. The number of alkyl halides is 3. The minimum atomic E-state index is -4.48. The highest BCUT2D eigenvalue weighted by molar-refractivity contribution is 9.10. The molecule has 0 atom stereocenters. The molecule has 1 heterocycles. The summed E-state index contributed by atoms with van der Waals surface area (Å²) in [7, 11) is 0. The average molecular weight is 410 g/mol. The fourth-order valence-corrected chi connectivity index (χ4v) is 3.42. The lowest BCUT2D eigenvalue weighted by molar-refractivity contribution is -0.138. The predicted molar refractivity (Wildman–Crippen MR) is 93.9 cm³/mol. The van der Waals surface area contributed by atoms with Crippen LogP contribution in [0.2, 0.25) is 0 Å². The van der Waals surface area contributed by atoms with Crippen LogP contribution in [0.25, 0.3) is 10.9 Å². The third kappa shape index (κ3) is 3.40. The molecule has 1 saturated carbocycles. The van der Waals surface area contributed by atoms with E-state index in [0.717, 1.165) is 29.3 Å². The van der Waals surface area contributed by atoms with Crippen molar-refractivity contribution in [2.24, 2.45) is 5.92 Å². The van der Waals surface area contributed by atoms with Crippen LogP contribution in [-0.2, 0) is 12.6 Å². The lowest BCUT2D eigenvalue weighted by Gasteiger charge is -2.15. The lowest BCUT2D eigenvalue weighted by atomic mass is 10.1. The van der Waals surface area contributed by atoms with Crippen molar-refractivity contribution in [3.8, 4) is 11.5 Å². The first-order valence-electron chi connectivity index (χ1n) is 8.05. The summed E-state index contributed by atoms with van der Waals surface area (Å²) in [6.07, 6.45) is 0.983. The van der Waals surface area contributed by atoms with Crippen LogP contribution in [0.1, 0.15) is 24.0 Å². The molecule has 3 aromatic rings. The van der Waals surface area contributed by atoms with E-state index in [1.165, 1.54) is 30.5 Å². The summed E-state index contributed by atoms with van der Waals surface area (Å²) >= 11 is 3.16. The van der Waals surface area contributed by atoms with E-state index in [0.29, 0.717) is 5.75 Å². The number of ether oxygens (including phenoxy) is 1. The first kappa shape index (κ1) is 16.5. The van der Waals surface area contributed by atoms with E-state index < -0.39 is 11.7 Å². The van der Waals surface area contributed by atoms with Crippen LogP contribution in [0, 0.1) is 5.92 Å². The molecule has 6 heteroatoms. The second-order valence-corrected chi connectivity index (χ2v) is 7.24. The molecule has 0 saturated heterocycles. The second-order valence-electron chi connectivity index (χ2n) is 6.39. The van der Waals surface area contributed by atoms with E-state index >= 15 is 0 Å². The van der Waals surface area contributed by atoms with Gasteiger partial charge in [0.05, 0.1) is 10.0 Å². The van der Waals surface area contributed by atoms with Gasteiger partial charge in [-0.15, -0.1) is 0 Å². The van der Waals surface area contributed by atoms with Crippen LogP contribution >= 0.6 is 15.9 Å². The third-order valence-corrected chi connectivity index (χ3v) is 5.06. The summed E-state index contributed by atoms with van der Waals surface area (Å²) in [5, 5.41) is 1.00. The van der Waals surface area contributed by atoms with Crippen molar-refractivity contribution in [3.05, 3.63) is 58.2 Å². The Balaban J connectivity index is 1.71. The van der Waals surface area contributed by atoms with Crippen molar-refractivity contribution in [1.82, 2.24) is 4.98 Å². The molecular formula is C19H15BrF3NO. The summed E-state index contributed by atoms with van der Waals surface area (Å²) in [5.41, 5.74) is 1.35. The number of rotatable bonds is 4. The molecule has 25 heavy (non-hydrogen) atoms. The second kappa shape index (κ2) is 6.09. The van der Waals surface area contributed by atoms with Gasteiger partial charge < -0.3 is 9.72 Å². The van der Waals surface area contributed by atoms with Crippen LogP contribution in [-0.4, -0.2) is 4.98 Å². The topological polar surface area (TPSA) is 25.0 Å². The van der Waals surface area contributed by atoms with E-state index in [2.05, 4.69) is 20.9 Å². The lowest BCUT2D eigenvalue weighted by Crippen LogP contribution is -2.07. The fraction of sp³-hybridized carbons (Fsp3) is 0.263. The van der Waals surface area contributed by atoms with Gasteiger partial charge in [-0.3, -0.25) is 0 Å². The van der Waals surface area contributed by atoms with Gasteiger partial charge in [0.15, 0.2) is 5.75 Å². The monoisotopic (exact) mass is 409 g/mol. The van der Waals surface area contributed by atoms with Crippen LogP contribution in [0.15, 0.2) is 47.1 Å². The molecule has 1 N–H and O–H groups in total. The van der Waals surface area contributed by atoms with Gasteiger partial charge in [0.1, 0.15) is 5.75 Å². The van der Waals surface area contributed by atoms with Crippen LogP contribution < -0.4 is 4.74 Å². The smallest absolute Gasteiger partial charge is 0.420 e. The van der Waals surface area contributed by atoms with Gasteiger partial charge in [-0.05, 0) is 77.0 Å². The molecule has 2 aromatic carbocycles. The SMILES string of the molecule is FC(F)(F)c1cccc(Br)c1Oc1ccc2[nH]cc(CC3CC3)c2c1. The first-order valence-corrected chi connectivity index (χ1v) is 8.84. The van der Waals surface area contributed by atoms with Gasteiger partial charge in [-0.2, -0.15) is 13.2 Å². The molecule has 1 aliphatic rings. The molecule has 0 bridgehead atoms. The number of nitrogens with one attached hydrogen (secondary N) is 1. The average Bonchev–Trinajstić information content (AvgIpc) is 3.28. The van der Waals surface area contributed by atoms with Crippen molar-refractivity contribution >= 4 is 26.8 Å². The number of aromatic nitrogens is 1. The molecule has 130 valence electrons. The Hall–Kier alpha value is -1.95. The van der Waals surface area contributed by atoms with Gasteiger partial charge in [0.25, 0.3) is 0 Å². The molecule has 2 nitrogen and oxygen atoms in total. The van der Waals surface area contributed by atoms with Crippen LogP contribution in [0.5, 0.6) is 11.5 Å². The van der Waals surface area contributed by atoms with Gasteiger partial charge in [0, 0.05) is 17.1 Å².